The molecule has 1 N–H and O–H groups in total. The molecule has 4 rings (SSSR count). The summed E-state index contributed by atoms with van der Waals surface area (Å²) in [6.07, 6.45) is 4.94. The fourth-order valence-corrected chi connectivity index (χ4v) is 3.77. The summed E-state index contributed by atoms with van der Waals surface area (Å²) in [5.41, 5.74) is 2.89. The number of hydrazine groups is 1. The van der Waals surface area contributed by atoms with Crippen molar-refractivity contribution in [3.05, 3.63) is 48.0 Å². The molecule has 0 aromatic heterocycles. The van der Waals surface area contributed by atoms with Crippen molar-refractivity contribution in [1.82, 2.24) is 10.4 Å². The summed E-state index contributed by atoms with van der Waals surface area (Å²) in [7, 11) is 0. The van der Waals surface area contributed by atoms with Crippen molar-refractivity contribution in [3.8, 4) is 0 Å². The first-order valence-corrected chi connectivity index (χ1v) is 7.09. The second kappa shape index (κ2) is 4.28. The summed E-state index contributed by atoms with van der Waals surface area (Å²) in [5.74, 6) is -1.26. The van der Waals surface area contributed by atoms with Crippen molar-refractivity contribution in [2.75, 3.05) is 0 Å². The molecule has 3 amide bonds. The lowest BCUT2D eigenvalue weighted by Gasteiger charge is -2.17. The molecule has 3 aliphatic rings. The Labute approximate surface area is 121 Å². The van der Waals surface area contributed by atoms with Gasteiger partial charge >= 0.3 is 0 Å². The summed E-state index contributed by atoms with van der Waals surface area (Å²) in [6, 6.07) is 8.57. The Kier molecular flexibility index (Phi) is 2.51. The van der Waals surface area contributed by atoms with Crippen molar-refractivity contribution < 1.29 is 14.4 Å². The van der Waals surface area contributed by atoms with E-state index in [1.54, 1.807) is 30.3 Å². The number of rotatable bonds is 2. The first kappa shape index (κ1) is 12.3. The molecule has 4 atom stereocenters. The molecule has 1 heterocycles. The molecular weight excluding hydrogens is 268 g/mol. The van der Waals surface area contributed by atoms with Gasteiger partial charge in [-0.05, 0) is 30.4 Å². The van der Waals surface area contributed by atoms with E-state index in [1.807, 2.05) is 12.2 Å². The fourth-order valence-electron chi connectivity index (χ4n) is 3.77. The highest BCUT2D eigenvalue weighted by atomic mass is 16.2. The van der Waals surface area contributed by atoms with Gasteiger partial charge in [-0.25, -0.2) is 0 Å². The molecule has 5 nitrogen and oxygen atoms in total. The van der Waals surface area contributed by atoms with Gasteiger partial charge in [-0.1, -0.05) is 30.4 Å². The van der Waals surface area contributed by atoms with E-state index in [0.29, 0.717) is 5.56 Å². The van der Waals surface area contributed by atoms with Crippen LogP contribution in [0.1, 0.15) is 16.8 Å². The van der Waals surface area contributed by atoms with Gasteiger partial charge in [0, 0.05) is 5.56 Å². The zero-order valence-corrected chi connectivity index (χ0v) is 11.2. The Bertz CT molecular complexity index is 637. The van der Waals surface area contributed by atoms with Crippen LogP contribution < -0.4 is 5.43 Å². The van der Waals surface area contributed by atoms with Gasteiger partial charge in [-0.2, -0.15) is 5.01 Å². The van der Waals surface area contributed by atoms with Gasteiger partial charge in [-0.3, -0.25) is 19.8 Å². The fraction of sp³-hybridized carbons (Fsp3) is 0.312. The summed E-state index contributed by atoms with van der Waals surface area (Å²) >= 11 is 0. The number of fused-ring (bicyclic) bond motifs is 5. The maximum atomic E-state index is 12.4. The van der Waals surface area contributed by atoms with Gasteiger partial charge in [0.1, 0.15) is 0 Å². The second-order valence-electron chi connectivity index (χ2n) is 5.82. The molecule has 1 aliphatic heterocycles. The lowest BCUT2D eigenvalue weighted by atomic mass is 9.85. The highest BCUT2D eigenvalue weighted by molar-refractivity contribution is 6.08. The molecule has 5 heteroatoms. The Morgan fingerprint density at radius 1 is 1.00 bits per heavy atom. The third kappa shape index (κ3) is 1.67. The van der Waals surface area contributed by atoms with E-state index in [2.05, 4.69) is 5.43 Å². The number of allylic oxidation sites excluding steroid dienone is 2. The van der Waals surface area contributed by atoms with Gasteiger partial charge < -0.3 is 0 Å². The summed E-state index contributed by atoms with van der Waals surface area (Å²) < 4.78 is 0. The van der Waals surface area contributed by atoms with E-state index < -0.39 is 5.91 Å². The monoisotopic (exact) mass is 282 g/mol. The topological polar surface area (TPSA) is 66.5 Å². The van der Waals surface area contributed by atoms with Crippen LogP contribution in [0.4, 0.5) is 0 Å². The van der Waals surface area contributed by atoms with Crippen LogP contribution in [-0.4, -0.2) is 22.7 Å². The largest absolute Gasteiger partial charge is 0.272 e. The number of nitrogens with zero attached hydrogens (tertiary/aromatic N) is 1. The molecule has 2 bridgehead atoms. The predicted molar refractivity (Wildman–Crippen MR) is 73.5 cm³/mol. The van der Waals surface area contributed by atoms with Gasteiger partial charge in [0.2, 0.25) is 0 Å². The second-order valence-corrected chi connectivity index (χ2v) is 5.82. The maximum absolute atomic E-state index is 12.4. The minimum absolute atomic E-state index is 0.148. The van der Waals surface area contributed by atoms with Crippen LogP contribution in [0.5, 0.6) is 0 Å². The van der Waals surface area contributed by atoms with Crippen molar-refractivity contribution in [2.45, 2.75) is 6.42 Å². The molecule has 1 saturated heterocycles. The Hall–Kier alpha value is -2.43. The first-order chi connectivity index (χ1) is 10.2. The van der Waals surface area contributed by atoms with Crippen LogP contribution in [0.2, 0.25) is 0 Å². The smallest absolute Gasteiger partial charge is 0.270 e. The summed E-state index contributed by atoms with van der Waals surface area (Å²) in [4.78, 5) is 36.9. The Balaban J connectivity index is 1.56. The highest BCUT2D eigenvalue weighted by Gasteiger charge is 2.59. The SMILES string of the molecule is O=C(NN1C(=O)[C@H]2[C@H](C1=O)[C@H]1C=C[C@H]2C1)c1ccccc1. The Morgan fingerprint density at radius 2 is 1.57 bits per heavy atom. The highest BCUT2D eigenvalue weighted by Crippen LogP contribution is 2.52. The third-order valence-corrected chi connectivity index (χ3v) is 4.72. The Morgan fingerprint density at radius 3 is 2.14 bits per heavy atom. The number of carbonyl (C=O) groups excluding carboxylic acids is 3. The molecule has 1 aromatic rings. The van der Waals surface area contributed by atoms with Gasteiger partial charge in [0.15, 0.2) is 0 Å². The normalized spacial score (nSPS) is 32.7. The van der Waals surface area contributed by atoms with Crippen molar-refractivity contribution in [1.29, 1.82) is 0 Å². The molecule has 0 radical (unpaired) electrons. The first-order valence-electron chi connectivity index (χ1n) is 7.09. The molecule has 1 saturated carbocycles. The van der Waals surface area contributed by atoms with Crippen LogP contribution in [-0.2, 0) is 9.59 Å². The van der Waals surface area contributed by atoms with E-state index in [1.165, 1.54) is 0 Å². The third-order valence-electron chi connectivity index (χ3n) is 4.72. The van der Waals surface area contributed by atoms with Crippen LogP contribution >= 0.6 is 0 Å². The standard InChI is InChI=1S/C16H14N2O3/c19-14(9-4-2-1-3-5-9)17-18-15(20)12-10-6-7-11(8-10)13(12)16(18)21/h1-7,10-13H,8H2,(H,17,19)/t10-,11-,12+,13+/m0/s1. The number of nitrogens with one attached hydrogen (secondary N) is 1. The lowest BCUT2D eigenvalue weighted by Crippen LogP contribution is -2.47. The molecule has 106 valence electrons. The van der Waals surface area contributed by atoms with E-state index >= 15 is 0 Å². The number of carbonyl (C=O) groups is 3. The van der Waals surface area contributed by atoms with Crippen LogP contribution in [0.25, 0.3) is 0 Å². The molecular formula is C16H14N2O3. The predicted octanol–water partition coefficient (Wildman–Crippen LogP) is 1.14. The summed E-state index contributed by atoms with van der Waals surface area (Å²) in [6.45, 7) is 0. The van der Waals surface area contributed by atoms with E-state index in [0.717, 1.165) is 11.4 Å². The maximum Gasteiger partial charge on any atom is 0.270 e. The van der Waals surface area contributed by atoms with Crippen molar-refractivity contribution >= 4 is 17.7 Å². The summed E-state index contributed by atoms with van der Waals surface area (Å²) in [5, 5.41) is 0.927. The van der Waals surface area contributed by atoms with Gasteiger partial charge in [0.25, 0.3) is 17.7 Å². The lowest BCUT2D eigenvalue weighted by molar-refractivity contribution is -0.143. The van der Waals surface area contributed by atoms with E-state index in [4.69, 9.17) is 0 Å². The quantitative estimate of drug-likeness (QED) is 0.653. The minimum Gasteiger partial charge on any atom is -0.272 e. The number of benzene rings is 1. The van der Waals surface area contributed by atoms with Gasteiger partial charge in [-0.15, -0.1) is 0 Å². The van der Waals surface area contributed by atoms with Crippen LogP contribution in [0, 0.1) is 23.7 Å². The van der Waals surface area contributed by atoms with E-state index in [-0.39, 0.29) is 35.5 Å². The number of amides is 3. The van der Waals surface area contributed by atoms with Crippen LogP contribution in [0.15, 0.2) is 42.5 Å². The number of imide groups is 1. The molecule has 21 heavy (non-hydrogen) atoms. The van der Waals surface area contributed by atoms with Crippen molar-refractivity contribution in [2.24, 2.45) is 23.7 Å². The van der Waals surface area contributed by atoms with Gasteiger partial charge in [0.05, 0.1) is 11.8 Å². The van der Waals surface area contributed by atoms with E-state index in [9.17, 15) is 14.4 Å². The minimum atomic E-state index is -0.433. The molecule has 0 spiro atoms. The zero-order valence-electron chi connectivity index (χ0n) is 11.2. The molecule has 1 aromatic carbocycles. The average Bonchev–Trinajstić information content (AvgIpc) is 3.18. The molecule has 2 fully saturated rings. The molecule has 0 unspecified atom stereocenters. The average molecular weight is 282 g/mol. The zero-order chi connectivity index (χ0) is 14.6. The van der Waals surface area contributed by atoms with Crippen molar-refractivity contribution in [3.63, 3.8) is 0 Å². The number of hydrogen-bond acceptors (Lipinski definition) is 3. The van der Waals surface area contributed by atoms with Crippen LogP contribution in [0.3, 0.4) is 0 Å². The molecule has 2 aliphatic carbocycles. The number of hydrogen-bond donors (Lipinski definition) is 1.